The maximum absolute atomic E-state index is 13.4. The van der Waals surface area contributed by atoms with Crippen LogP contribution < -0.4 is 0 Å². The summed E-state index contributed by atoms with van der Waals surface area (Å²) in [5.41, 5.74) is 0.878. The molecule has 0 radical (unpaired) electrons. The smallest absolute Gasteiger partial charge is 0.254 e. The summed E-state index contributed by atoms with van der Waals surface area (Å²) in [6, 6.07) is 8.16. The fourth-order valence-electron chi connectivity index (χ4n) is 4.91. The van der Waals surface area contributed by atoms with Crippen molar-refractivity contribution >= 4 is 17.7 Å². The minimum absolute atomic E-state index is 0.220. The third-order valence-corrected chi connectivity index (χ3v) is 7.97. The predicted octanol–water partition coefficient (Wildman–Crippen LogP) is 4.54. The zero-order chi connectivity index (χ0) is 20.1. The summed E-state index contributed by atoms with van der Waals surface area (Å²) in [6.45, 7) is 8.69. The third-order valence-electron chi connectivity index (χ3n) is 6.77. The monoisotopic (exact) mass is 416 g/mol. The average Bonchev–Trinajstić information content (AvgIpc) is 3.28. The first kappa shape index (κ1) is 21.2. The van der Waals surface area contributed by atoms with Gasteiger partial charge in [0.05, 0.1) is 11.7 Å². The molecule has 3 aliphatic rings. The van der Waals surface area contributed by atoms with Gasteiger partial charge in [0, 0.05) is 36.9 Å². The normalized spacial score (nSPS) is 26.7. The van der Waals surface area contributed by atoms with E-state index < -0.39 is 0 Å². The van der Waals surface area contributed by atoms with Crippen LogP contribution in [0.2, 0.25) is 0 Å². The van der Waals surface area contributed by atoms with E-state index in [1.807, 2.05) is 18.2 Å². The highest BCUT2D eigenvalue weighted by Gasteiger charge is 2.28. The molecular weight excluding hydrogens is 380 g/mol. The van der Waals surface area contributed by atoms with Crippen molar-refractivity contribution in [2.24, 2.45) is 11.8 Å². The molecular formula is C24H36N2O2S. The van der Waals surface area contributed by atoms with Crippen LogP contribution >= 0.6 is 11.8 Å². The molecule has 2 unspecified atom stereocenters. The zero-order valence-electron chi connectivity index (χ0n) is 17.9. The Morgan fingerprint density at radius 3 is 2.72 bits per heavy atom. The number of benzene rings is 1. The molecule has 160 valence electrons. The molecule has 4 nitrogen and oxygen atoms in total. The van der Waals surface area contributed by atoms with Crippen molar-refractivity contribution < 1.29 is 9.53 Å². The van der Waals surface area contributed by atoms with E-state index >= 15 is 0 Å². The Balaban J connectivity index is 1.34. The van der Waals surface area contributed by atoms with Crippen LogP contribution in [0.1, 0.15) is 55.8 Å². The molecule has 3 fully saturated rings. The molecule has 0 aromatic heterocycles. The van der Waals surface area contributed by atoms with Crippen LogP contribution in [-0.4, -0.2) is 66.9 Å². The van der Waals surface area contributed by atoms with E-state index in [0.717, 1.165) is 67.6 Å². The predicted molar refractivity (Wildman–Crippen MR) is 120 cm³/mol. The third kappa shape index (κ3) is 5.77. The largest absolute Gasteiger partial charge is 0.377 e. The van der Waals surface area contributed by atoms with Crippen molar-refractivity contribution in [3.63, 3.8) is 0 Å². The second-order valence-corrected chi connectivity index (χ2v) is 10.2. The summed E-state index contributed by atoms with van der Waals surface area (Å²) in [5.74, 6) is 2.66. The molecule has 0 aliphatic carbocycles. The molecule has 1 aromatic carbocycles. The maximum atomic E-state index is 13.4. The van der Waals surface area contributed by atoms with E-state index in [1.165, 1.54) is 32.4 Å². The molecule has 4 rings (SSSR count). The van der Waals surface area contributed by atoms with Gasteiger partial charge in [0.1, 0.15) is 0 Å². The fraction of sp³-hybridized carbons (Fsp3) is 0.708. The molecule has 2 atom stereocenters. The highest BCUT2D eigenvalue weighted by molar-refractivity contribution is 7.99. The molecule has 1 aromatic rings. The number of amides is 1. The van der Waals surface area contributed by atoms with Gasteiger partial charge in [0.25, 0.3) is 5.91 Å². The Labute approximate surface area is 180 Å². The fourth-order valence-corrected chi connectivity index (χ4v) is 6.02. The molecule has 1 amide bonds. The molecule has 0 spiro atoms. The molecule has 5 heteroatoms. The standard InChI is InChI=1S/C24H36N2O2S/c1-19-10-13-25(14-11-19)16-20-6-4-12-26(17-20)24(27)22-8-2-3-9-23(22)29-18-21-7-5-15-28-21/h2-3,8-9,19-21H,4-7,10-18H2,1H3. The Hall–Kier alpha value is -1.04. The van der Waals surface area contributed by atoms with Crippen LogP contribution in [0.25, 0.3) is 0 Å². The van der Waals surface area contributed by atoms with Gasteiger partial charge < -0.3 is 14.5 Å². The highest BCUT2D eigenvalue weighted by atomic mass is 32.2. The zero-order valence-corrected chi connectivity index (χ0v) is 18.7. The number of carbonyl (C=O) groups is 1. The number of hydrogen-bond donors (Lipinski definition) is 0. The molecule has 3 heterocycles. The van der Waals surface area contributed by atoms with E-state index in [9.17, 15) is 4.79 Å². The van der Waals surface area contributed by atoms with Crippen LogP contribution in [0, 0.1) is 11.8 Å². The van der Waals surface area contributed by atoms with Crippen molar-refractivity contribution in [1.29, 1.82) is 0 Å². The first-order valence-electron chi connectivity index (χ1n) is 11.5. The number of hydrogen-bond acceptors (Lipinski definition) is 4. The molecule has 3 saturated heterocycles. The number of likely N-dealkylation sites (tertiary alicyclic amines) is 2. The van der Waals surface area contributed by atoms with Crippen molar-refractivity contribution in [1.82, 2.24) is 9.80 Å². The Morgan fingerprint density at radius 2 is 1.93 bits per heavy atom. The number of thioether (sulfide) groups is 1. The first-order valence-corrected chi connectivity index (χ1v) is 12.5. The minimum atomic E-state index is 0.220. The minimum Gasteiger partial charge on any atom is -0.377 e. The van der Waals surface area contributed by atoms with Gasteiger partial charge in [-0.15, -0.1) is 11.8 Å². The number of piperidine rings is 2. The van der Waals surface area contributed by atoms with Gasteiger partial charge in [-0.2, -0.15) is 0 Å². The van der Waals surface area contributed by atoms with Crippen LogP contribution in [0.15, 0.2) is 29.2 Å². The summed E-state index contributed by atoms with van der Waals surface area (Å²) in [5, 5.41) is 0. The Kier molecular flexibility index (Phi) is 7.54. The SMILES string of the molecule is CC1CCN(CC2CCCN(C(=O)c3ccccc3SCC3CCCO3)C2)CC1. The molecule has 3 aliphatic heterocycles. The van der Waals surface area contributed by atoms with E-state index in [1.54, 1.807) is 11.8 Å². The van der Waals surface area contributed by atoms with Gasteiger partial charge in [0.2, 0.25) is 0 Å². The second-order valence-electron chi connectivity index (χ2n) is 9.18. The summed E-state index contributed by atoms with van der Waals surface area (Å²) < 4.78 is 5.76. The van der Waals surface area contributed by atoms with Gasteiger partial charge in [-0.05, 0) is 75.6 Å². The lowest BCUT2D eigenvalue weighted by atomic mass is 9.94. The van der Waals surface area contributed by atoms with Crippen molar-refractivity contribution in [2.45, 2.75) is 56.4 Å². The molecule has 0 bridgehead atoms. The van der Waals surface area contributed by atoms with Gasteiger partial charge in [-0.25, -0.2) is 0 Å². The van der Waals surface area contributed by atoms with Crippen molar-refractivity contribution in [2.75, 3.05) is 45.1 Å². The number of carbonyl (C=O) groups excluding carboxylic acids is 1. The quantitative estimate of drug-likeness (QED) is 0.637. The van der Waals surface area contributed by atoms with Crippen LogP contribution in [0.5, 0.6) is 0 Å². The van der Waals surface area contributed by atoms with E-state index in [0.29, 0.717) is 12.0 Å². The van der Waals surface area contributed by atoms with Gasteiger partial charge in [-0.1, -0.05) is 19.1 Å². The van der Waals surface area contributed by atoms with Gasteiger partial charge in [-0.3, -0.25) is 4.79 Å². The van der Waals surface area contributed by atoms with Gasteiger partial charge in [0.15, 0.2) is 0 Å². The lowest BCUT2D eigenvalue weighted by molar-refractivity contribution is 0.0619. The summed E-state index contributed by atoms with van der Waals surface area (Å²) in [7, 11) is 0. The number of nitrogens with zero attached hydrogens (tertiary/aromatic N) is 2. The van der Waals surface area contributed by atoms with E-state index in [4.69, 9.17) is 4.74 Å². The topological polar surface area (TPSA) is 32.8 Å². The molecule has 0 saturated carbocycles. The lowest BCUT2D eigenvalue weighted by Crippen LogP contribution is -2.45. The average molecular weight is 417 g/mol. The van der Waals surface area contributed by atoms with Crippen molar-refractivity contribution in [3.05, 3.63) is 29.8 Å². The van der Waals surface area contributed by atoms with E-state index in [-0.39, 0.29) is 5.91 Å². The van der Waals surface area contributed by atoms with Gasteiger partial charge >= 0.3 is 0 Å². The van der Waals surface area contributed by atoms with Crippen LogP contribution in [0.4, 0.5) is 0 Å². The van der Waals surface area contributed by atoms with Crippen LogP contribution in [0.3, 0.4) is 0 Å². The Bertz CT molecular complexity index is 669. The maximum Gasteiger partial charge on any atom is 0.254 e. The second kappa shape index (κ2) is 10.3. The number of rotatable bonds is 6. The number of ether oxygens (including phenoxy) is 1. The first-order chi connectivity index (χ1) is 14.2. The molecule has 29 heavy (non-hydrogen) atoms. The summed E-state index contributed by atoms with van der Waals surface area (Å²) >= 11 is 1.79. The van der Waals surface area contributed by atoms with E-state index in [2.05, 4.69) is 22.8 Å². The summed E-state index contributed by atoms with van der Waals surface area (Å²) in [6.07, 6.45) is 7.69. The van der Waals surface area contributed by atoms with Crippen LogP contribution in [-0.2, 0) is 4.74 Å². The van der Waals surface area contributed by atoms with Crippen molar-refractivity contribution in [3.8, 4) is 0 Å². The summed E-state index contributed by atoms with van der Waals surface area (Å²) in [4.78, 5) is 19.2. The lowest BCUT2D eigenvalue weighted by Gasteiger charge is -2.38. The Morgan fingerprint density at radius 1 is 1.10 bits per heavy atom. The highest BCUT2D eigenvalue weighted by Crippen LogP contribution is 2.29. The molecule has 0 N–H and O–H groups in total.